The predicted molar refractivity (Wildman–Crippen MR) is 205 cm³/mol. The van der Waals surface area contributed by atoms with E-state index in [2.05, 4.69) is 26.6 Å². The van der Waals surface area contributed by atoms with E-state index < -0.39 is 68.5 Å². The molecular weight excluding hydrogens is 723 g/mol. The Morgan fingerprint density at radius 2 is 1.95 bits per heavy atom. The molecule has 3 amide bonds. The van der Waals surface area contributed by atoms with Gasteiger partial charge in [0.05, 0.1) is 30.7 Å². The molecule has 8 rings (SSSR count). The van der Waals surface area contributed by atoms with Crippen LogP contribution in [0.15, 0.2) is 79.7 Å². The van der Waals surface area contributed by atoms with E-state index in [0.717, 1.165) is 32.8 Å². The summed E-state index contributed by atoms with van der Waals surface area (Å²) < 4.78 is 39.8. The fourth-order valence-electron chi connectivity index (χ4n) is 7.82. The molecule has 286 valence electrons. The van der Waals surface area contributed by atoms with Crippen molar-refractivity contribution in [3.8, 4) is 5.88 Å². The second-order valence-corrected chi connectivity index (χ2v) is 17.0. The molecule has 2 aromatic carbocycles. The van der Waals surface area contributed by atoms with Crippen LogP contribution in [0.2, 0.25) is 0 Å². The van der Waals surface area contributed by atoms with E-state index in [1.165, 1.54) is 11.0 Å². The highest BCUT2D eigenvalue weighted by Gasteiger charge is 2.62. The average molecular weight is 766 g/mol. The Bertz CT molecular complexity index is 2330. The molecule has 3 fully saturated rings. The molecular formula is C41H43N5O8S. The zero-order valence-electron chi connectivity index (χ0n) is 30.2. The molecule has 4 aromatic rings. The van der Waals surface area contributed by atoms with Gasteiger partial charge in [-0.3, -0.25) is 23.9 Å². The van der Waals surface area contributed by atoms with Gasteiger partial charge in [-0.2, -0.15) is 0 Å². The molecule has 2 aromatic heterocycles. The van der Waals surface area contributed by atoms with Crippen LogP contribution in [-0.2, 0) is 40.4 Å². The second kappa shape index (κ2) is 14.6. The summed E-state index contributed by atoms with van der Waals surface area (Å²) in [5, 5.41) is 4.77. The van der Waals surface area contributed by atoms with Crippen LogP contribution in [0.3, 0.4) is 0 Å². The van der Waals surface area contributed by atoms with Gasteiger partial charge in [-0.1, -0.05) is 48.6 Å². The first-order chi connectivity index (χ1) is 26.5. The van der Waals surface area contributed by atoms with Gasteiger partial charge in [0.1, 0.15) is 17.7 Å². The molecule has 4 aliphatic rings. The maximum absolute atomic E-state index is 14.8. The minimum atomic E-state index is -3.90. The third-order valence-corrected chi connectivity index (χ3v) is 12.9. The van der Waals surface area contributed by atoms with Crippen LogP contribution in [0.4, 0.5) is 0 Å². The number of carbonyl (C=O) groups is 4. The van der Waals surface area contributed by atoms with E-state index in [4.69, 9.17) is 9.47 Å². The molecule has 13 nitrogen and oxygen atoms in total. The van der Waals surface area contributed by atoms with E-state index in [1.54, 1.807) is 6.20 Å². The van der Waals surface area contributed by atoms with Gasteiger partial charge in [-0.05, 0) is 73.2 Å². The lowest BCUT2D eigenvalue weighted by molar-refractivity contribution is -0.150. The fourth-order valence-corrected chi connectivity index (χ4v) is 9.19. The van der Waals surface area contributed by atoms with Crippen molar-refractivity contribution < 1.29 is 37.1 Å². The van der Waals surface area contributed by atoms with E-state index in [0.29, 0.717) is 31.6 Å². The lowest BCUT2D eigenvalue weighted by atomic mass is 9.94. The fraction of sp³-hybridized carbons (Fsp3) is 0.390. The number of esters is 1. The van der Waals surface area contributed by atoms with Gasteiger partial charge in [0.15, 0.2) is 0 Å². The molecule has 2 aliphatic heterocycles. The summed E-state index contributed by atoms with van der Waals surface area (Å²) in [7, 11) is -3.90. The molecule has 55 heavy (non-hydrogen) atoms. The average Bonchev–Trinajstić information content (AvgIpc) is 4.08. The summed E-state index contributed by atoms with van der Waals surface area (Å²) in [4.78, 5) is 65.4. The number of benzene rings is 2. The summed E-state index contributed by atoms with van der Waals surface area (Å²) in [5.74, 6) is -3.51. The van der Waals surface area contributed by atoms with Gasteiger partial charge >= 0.3 is 5.97 Å². The SMILES string of the molecule is C=C[C@@H]1C[C@]1(NC(=O)[C@@H]1C[C@@H]2CN1C(=O)[C@H](Cc1c[nH]c3ccccc13)CC(=O)OCCC/C=C/c1ccc3ccnc(c3c1)O2)C(=O)NS(=O)(=O)C1CC1. The van der Waals surface area contributed by atoms with Crippen LogP contribution in [0.1, 0.15) is 56.1 Å². The number of fused-ring (bicyclic) bond motifs is 4. The normalized spacial score (nSPS) is 26.4. The molecule has 4 bridgehead atoms. The molecule has 3 N–H and O–H groups in total. The minimum Gasteiger partial charge on any atom is -0.472 e. The van der Waals surface area contributed by atoms with Crippen molar-refractivity contribution in [1.29, 1.82) is 0 Å². The lowest BCUT2D eigenvalue weighted by Gasteiger charge is -2.29. The number of hydrogen-bond acceptors (Lipinski definition) is 9. The van der Waals surface area contributed by atoms with Crippen LogP contribution < -0.4 is 14.8 Å². The first-order valence-corrected chi connectivity index (χ1v) is 20.3. The smallest absolute Gasteiger partial charge is 0.306 e. The number of ether oxygens (including phenoxy) is 2. The number of pyridine rings is 1. The van der Waals surface area contributed by atoms with Crippen LogP contribution in [0, 0.1) is 11.8 Å². The Hall–Kier alpha value is -5.50. The standard InChI is InChI=1S/C41H43N5O8S/c1-2-29-22-41(29,40(50)45-55(51,52)31-13-14-31)44-37(48)35-21-30-24-46(35)39(49)27(19-28-23-43-34-10-6-5-9-32(28)34)20-36(47)53-17-7-3-4-8-25-11-12-26-15-16-42-38(54-30)33(26)18-25/h2,4-6,8-12,15-16,18,23,27,29-31,35,43H,1,3,7,13-14,17,19-22,24H2,(H,44,48)(H,45,50)/b8-4+/t27-,29-,30-,35+,41-/m1/s1. The van der Waals surface area contributed by atoms with Crippen LogP contribution >= 0.6 is 0 Å². The van der Waals surface area contributed by atoms with Crippen molar-refractivity contribution in [1.82, 2.24) is 24.9 Å². The third-order valence-electron chi connectivity index (χ3n) is 11.1. The number of nitrogens with one attached hydrogen (secondary N) is 3. The van der Waals surface area contributed by atoms with E-state index in [-0.39, 0.29) is 38.8 Å². The molecule has 2 aliphatic carbocycles. The molecule has 2 saturated carbocycles. The number of H-pyrrole nitrogens is 1. The van der Waals surface area contributed by atoms with Crippen LogP contribution in [0.25, 0.3) is 27.8 Å². The summed E-state index contributed by atoms with van der Waals surface area (Å²) in [6.45, 7) is 3.97. The molecule has 5 atom stereocenters. The number of carbonyl (C=O) groups excluding carboxylic acids is 4. The number of amides is 3. The number of allylic oxidation sites excluding steroid dienone is 1. The Labute approximate surface area is 318 Å². The molecule has 0 spiro atoms. The first-order valence-electron chi connectivity index (χ1n) is 18.8. The highest BCUT2D eigenvalue weighted by molar-refractivity contribution is 7.91. The van der Waals surface area contributed by atoms with Gasteiger partial charge in [0.25, 0.3) is 5.91 Å². The number of aromatic amines is 1. The Balaban J connectivity index is 1.14. The van der Waals surface area contributed by atoms with Gasteiger partial charge in [0.2, 0.25) is 27.7 Å². The summed E-state index contributed by atoms with van der Waals surface area (Å²) >= 11 is 0. The molecule has 14 heteroatoms. The van der Waals surface area contributed by atoms with Crippen molar-refractivity contribution >= 4 is 61.5 Å². The topological polar surface area (TPSA) is 177 Å². The number of rotatable bonds is 8. The van der Waals surface area contributed by atoms with Gasteiger partial charge in [0, 0.05) is 41.0 Å². The quantitative estimate of drug-likeness (QED) is 0.174. The van der Waals surface area contributed by atoms with Crippen molar-refractivity contribution in [2.75, 3.05) is 13.2 Å². The lowest BCUT2D eigenvalue weighted by Crippen LogP contribution is -2.57. The Kier molecular flexibility index (Phi) is 9.70. The summed E-state index contributed by atoms with van der Waals surface area (Å²) in [6, 6.07) is 14.4. The number of para-hydroxylation sites is 1. The number of aromatic nitrogens is 2. The van der Waals surface area contributed by atoms with Gasteiger partial charge in [-0.15, -0.1) is 6.58 Å². The summed E-state index contributed by atoms with van der Waals surface area (Å²) in [5.41, 5.74) is 1.09. The van der Waals surface area contributed by atoms with Gasteiger partial charge < -0.3 is 24.7 Å². The molecule has 0 radical (unpaired) electrons. The third kappa shape index (κ3) is 7.47. The Morgan fingerprint density at radius 3 is 2.75 bits per heavy atom. The van der Waals surface area contributed by atoms with E-state index in [1.807, 2.05) is 66.9 Å². The van der Waals surface area contributed by atoms with Crippen LogP contribution in [-0.4, -0.2) is 83.1 Å². The first kappa shape index (κ1) is 36.5. The number of hydrogen-bond donors (Lipinski definition) is 3. The summed E-state index contributed by atoms with van der Waals surface area (Å²) in [6.07, 6.45) is 10.7. The monoisotopic (exact) mass is 765 g/mol. The van der Waals surface area contributed by atoms with Crippen LogP contribution in [0.5, 0.6) is 5.88 Å². The van der Waals surface area contributed by atoms with Crippen molar-refractivity contribution in [2.45, 2.75) is 74.3 Å². The van der Waals surface area contributed by atoms with Gasteiger partial charge in [-0.25, -0.2) is 13.4 Å². The van der Waals surface area contributed by atoms with Crippen molar-refractivity contribution in [2.24, 2.45) is 11.8 Å². The molecule has 0 unspecified atom stereocenters. The second-order valence-electron chi connectivity index (χ2n) is 15.0. The van der Waals surface area contributed by atoms with Crippen molar-refractivity contribution in [3.63, 3.8) is 0 Å². The highest BCUT2D eigenvalue weighted by Crippen LogP contribution is 2.45. The zero-order chi connectivity index (χ0) is 38.3. The maximum atomic E-state index is 14.8. The highest BCUT2D eigenvalue weighted by atomic mass is 32.2. The zero-order valence-corrected chi connectivity index (χ0v) is 31.1. The Morgan fingerprint density at radius 1 is 1.11 bits per heavy atom. The largest absolute Gasteiger partial charge is 0.472 e. The number of nitrogens with zero attached hydrogens (tertiary/aromatic N) is 2. The van der Waals surface area contributed by atoms with E-state index in [9.17, 15) is 27.6 Å². The maximum Gasteiger partial charge on any atom is 0.306 e. The van der Waals surface area contributed by atoms with E-state index >= 15 is 0 Å². The molecule has 4 heterocycles. The molecule has 1 saturated heterocycles. The predicted octanol–water partition coefficient (Wildman–Crippen LogP) is 4.33. The minimum absolute atomic E-state index is 0.00580. The number of cyclic esters (lactones) is 1. The number of sulfonamides is 1. The van der Waals surface area contributed by atoms with Crippen molar-refractivity contribution in [3.05, 3.63) is 90.8 Å².